The molecule has 0 aliphatic carbocycles. The Morgan fingerprint density at radius 3 is 2.89 bits per heavy atom. The summed E-state index contributed by atoms with van der Waals surface area (Å²) in [4.78, 5) is 4.45. The quantitative estimate of drug-likeness (QED) is 0.338. The van der Waals surface area contributed by atoms with Crippen molar-refractivity contribution in [3.8, 4) is 16.9 Å². The van der Waals surface area contributed by atoms with Gasteiger partial charge in [0, 0.05) is 52.4 Å². The van der Waals surface area contributed by atoms with Crippen LogP contribution in [0.2, 0.25) is 5.15 Å². The van der Waals surface area contributed by atoms with Crippen LogP contribution in [0.4, 0.5) is 4.39 Å². The molecular formula is C19H17ClFN3O2S. The summed E-state index contributed by atoms with van der Waals surface area (Å²) >= 11 is 7.81. The van der Waals surface area contributed by atoms with Gasteiger partial charge in [-0.15, -0.1) is 11.3 Å². The molecule has 0 amide bonds. The highest BCUT2D eigenvalue weighted by molar-refractivity contribution is 7.18. The van der Waals surface area contributed by atoms with Crippen molar-refractivity contribution in [2.45, 2.75) is 0 Å². The summed E-state index contributed by atoms with van der Waals surface area (Å²) in [6, 6.07) is 6.17. The van der Waals surface area contributed by atoms with Crippen molar-refractivity contribution in [2.24, 2.45) is 5.73 Å². The highest BCUT2D eigenvalue weighted by Crippen LogP contribution is 2.43. The number of nitrogens with two attached hydrogens (primary N) is 1. The van der Waals surface area contributed by atoms with Crippen LogP contribution in [0.1, 0.15) is 5.69 Å². The Morgan fingerprint density at radius 1 is 1.37 bits per heavy atom. The maximum Gasteiger partial charge on any atom is 0.138 e. The summed E-state index contributed by atoms with van der Waals surface area (Å²) in [5, 5.41) is 10.6. The fraction of sp³-hybridized carbons (Fsp3) is 0.158. The third-order valence-corrected chi connectivity index (χ3v) is 5.15. The van der Waals surface area contributed by atoms with E-state index < -0.39 is 5.82 Å². The Morgan fingerprint density at radius 2 is 2.19 bits per heavy atom. The van der Waals surface area contributed by atoms with Gasteiger partial charge in [-0.3, -0.25) is 0 Å². The van der Waals surface area contributed by atoms with E-state index in [-0.39, 0.29) is 6.61 Å². The lowest BCUT2D eigenvalue weighted by Crippen LogP contribution is -2.06. The number of pyridine rings is 1. The van der Waals surface area contributed by atoms with Crippen molar-refractivity contribution < 1.29 is 13.9 Å². The summed E-state index contributed by atoms with van der Waals surface area (Å²) in [7, 11) is 1.56. The van der Waals surface area contributed by atoms with Crippen LogP contribution < -0.4 is 10.5 Å². The average Bonchev–Trinajstić information content (AvgIpc) is 3.14. The monoisotopic (exact) mass is 405 g/mol. The molecule has 0 spiro atoms. The average molecular weight is 406 g/mol. The third kappa shape index (κ3) is 3.80. The topological polar surface area (TPSA) is 81.2 Å². The zero-order chi connectivity index (χ0) is 19.4. The number of ether oxygens (including phenoxy) is 2. The van der Waals surface area contributed by atoms with Crippen molar-refractivity contribution in [3.63, 3.8) is 0 Å². The van der Waals surface area contributed by atoms with E-state index in [1.165, 1.54) is 29.7 Å². The Balaban J connectivity index is 2.30. The Labute approximate surface area is 164 Å². The van der Waals surface area contributed by atoms with E-state index in [1.807, 2.05) is 11.4 Å². The molecule has 0 radical (unpaired) electrons. The van der Waals surface area contributed by atoms with Gasteiger partial charge in [-0.05, 0) is 23.6 Å². The summed E-state index contributed by atoms with van der Waals surface area (Å²) in [6.45, 7) is 0.631. The van der Waals surface area contributed by atoms with E-state index in [4.69, 9.17) is 32.2 Å². The smallest absolute Gasteiger partial charge is 0.138 e. The minimum absolute atomic E-state index is 0.265. The number of nitrogens with one attached hydrogen (secondary N) is 1. The molecule has 1 aromatic carbocycles. The number of rotatable bonds is 7. The van der Waals surface area contributed by atoms with E-state index in [9.17, 15) is 4.39 Å². The molecule has 0 unspecified atom stereocenters. The number of fused-ring (bicyclic) bond motifs is 1. The van der Waals surface area contributed by atoms with Crippen LogP contribution in [0.15, 0.2) is 35.8 Å². The maximum absolute atomic E-state index is 13.9. The number of methoxy groups -OCH3 is 1. The lowest BCUT2D eigenvalue weighted by molar-refractivity contribution is 0.146. The summed E-state index contributed by atoms with van der Waals surface area (Å²) in [6.07, 6.45) is 2.40. The van der Waals surface area contributed by atoms with Crippen LogP contribution in [0.25, 0.3) is 26.8 Å². The minimum Gasteiger partial charge on any atom is -0.490 e. The molecule has 0 bridgehead atoms. The Hall–Kier alpha value is -2.48. The first-order chi connectivity index (χ1) is 13.1. The van der Waals surface area contributed by atoms with Crippen LogP contribution >= 0.6 is 22.9 Å². The van der Waals surface area contributed by atoms with Crippen LogP contribution in [-0.4, -0.2) is 31.5 Å². The third-order valence-electron chi connectivity index (χ3n) is 3.93. The molecule has 2 aromatic heterocycles. The van der Waals surface area contributed by atoms with E-state index in [2.05, 4.69) is 4.98 Å². The number of benzene rings is 1. The van der Waals surface area contributed by atoms with Gasteiger partial charge in [-0.2, -0.15) is 0 Å². The predicted molar refractivity (Wildman–Crippen MR) is 108 cm³/mol. The molecule has 5 nitrogen and oxygen atoms in total. The Bertz CT molecular complexity index is 1020. The highest BCUT2D eigenvalue weighted by Gasteiger charge is 2.21. The first-order valence-electron chi connectivity index (χ1n) is 8.01. The fourth-order valence-electron chi connectivity index (χ4n) is 2.70. The van der Waals surface area contributed by atoms with E-state index in [0.29, 0.717) is 39.9 Å². The SMILES string of the molecule is COCCOc1cc(F)ccc1-c1c(/C(C=N)=C/N)nc(Cl)c2ccsc12. The molecule has 0 fully saturated rings. The molecule has 3 aromatic rings. The van der Waals surface area contributed by atoms with Gasteiger partial charge in [0.2, 0.25) is 0 Å². The molecule has 3 rings (SSSR count). The second-order valence-corrected chi connectivity index (χ2v) is 6.81. The van der Waals surface area contributed by atoms with E-state index in [1.54, 1.807) is 13.2 Å². The molecule has 0 atom stereocenters. The first kappa shape index (κ1) is 19.3. The summed E-state index contributed by atoms with van der Waals surface area (Å²) in [5.74, 6) is -0.0628. The van der Waals surface area contributed by atoms with Crippen molar-refractivity contribution in [1.29, 1.82) is 5.41 Å². The van der Waals surface area contributed by atoms with E-state index in [0.717, 1.165) is 16.3 Å². The predicted octanol–water partition coefficient (Wildman–Crippen LogP) is 4.73. The van der Waals surface area contributed by atoms with Gasteiger partial charge in [0.25, 0.3) is 0 Å². The molecule has 0 saturated carbocycles. The van der Waals surface area contributed by atoms with Crippen LogP contribution in [-0.2, 0) is 4.74 Å². The number of thiophene rings is 1. The number of hydrogen-bond acceptors (Lipinski definition) is 6. The summed E-state index contributed by atoms with van der Waals surface area (Å²) in [5.41, 5.74) is 7.86. The second-order valence-electron chi connectivity index (χ2n) is 5.54. The first-order valence-corrected chi connectivity index (χ1v) is 9.27. The molecular weight excluding hydrogens is 389 g/mol. The van der Waals surface area contributed by atoms with Crippen LogP contribution in [0.3, 0.4) is 0 Å². The van der Waals surface area contributed by atoms with Gasteiger partial charge in [-0.25, -0.2) is 9.37 Å². The number of halogens is 2. The van der Waals surface area contributed by atoms with E-state index >= 15 is 0 Å². The number of hydrogen-bond donors (Lipinski definition) is 2. The number of nitrogens with zero attached hydrogens (tertiary/aromatic N) is 1. The molecule has 0 saturated heterocycles. The van der Waals surface area contributed by atoms with Gasteiger partial charge in [-0.1, -0.05) is 11.6 Å². The Kier molecular flexibility index (Phi) is 6.05. The van der Waals surface area contributed by atoms with Crippen LogP contribution in [0.5, 0.6) is 5.75 Å². The number of allylic oxidation sites excluding steroid dienone is 1. The van der Waals surface area contributed by atoms with Gasteiger partial charge in [0.05, 0.1) is 12.3 Å². The lowest BCUT2D eigenvalue weighted by Gasteiger charge is -2.16. The van der Waals surface area contributed by atoms with Crippen LogP contribution in [0, 0.1) is 11.2 Å². The molecule has 8 heteroatoms. The maximum atomic E-state index is 13.9. The molecule has 27 heavy (non-hydrogen) atoms. The van der Waals surface area contributed by atoms with Gasteiger partial charge in [0.1, 0.15) is 23.3 Å². The highest BCUT2D eigenvalue weighted by atomic mass is 35.5. The number of aromatic nitrogens is 1. The lowest BCUT2D eigenvalue weighted by atomic mass is 9.98. The van der Waals surface area contributed by atoms with Crippen molar-refractivity contribution in [3.05, 3.63) is 52.5 Å². The molecule has 3 N–H and O–H groups in total. The largest absolute Gasteiger partial charge is 0.490 e. The molecule has 0 aliphatic rings. The normalized spacial score (nSPS) is 11.7. The zero-order valence-corrected chi connectivity index (χ0v) is 16.0. The van der Waals surface area contributed by atoms with Gasteiger partial charge >= 0.3 is 0 Å². The molecule has 140 valence electrons. The van der Waals surface area contributed by atoms with Crippen molar-refractivity contribution in [1.82, 2.24) is 4.98 Å². The minimum atomic E-state index is -0.418. The fourth-order valence-corrected chi connectivity index (χ4v) is 3.95. The van der Waals surface area contributed by atoms with Gasteiger partial charge in [0.15, 0.2) is 0 Å². The summed E-state index contributed by atoms with van der Waals surface area (Å²) < 4.78 is 25.5. The molecule has 2 heterocycles. The second kappa shape index (κ2) is 8.47. The molecule has 0 aliphatic heterocycles. The zero-order valence-electron chi connectivity index (χ0n) is 14.5. The van der Waals surface area contributed by atoms with Crippen molar-refractivity contribution in [2.75, 3.05) is 20.3 Å². The standard InChI is InChI=1S/C19H17ClFN3O2S/c1-25-5-6-26-15-8-12(21)2-3-13(15)16-17(11(9-22)10-23)24-19(20)14-4-7-27-18(14)16/h2-4,7-10,22H,5-6,23H2,1H3/b11-10+,22-9?. The van der Waals surface area contributed by atoms with Crippen molar-refractivity contribution >= 4 is 44.8 Å². The van der Waals surface area contributed by atoms with Gasteiger partial charge < -0.3 is 20.6 Å².